The van der Waals surface area contributed by atoms with Crippen LogP contribution >= 0.6 is 23.4 Å². The Labute approximate surface area is 168 Å². The van der Waals surface area contributed by atoms with Crippen molar-refractivity contribution < 1.29 is 27.6 Å². The summed E-state index contributed by atoms with van der Waals surface area (Å²) in [6.07, 6.45) is -4.73. The van der Waals surface area contributed by atoms with Gasteiger partial charge in [-0.15, -0.1) is 0 Å². The molecule has 0 heterocycles. The van der Waals surface area contributed by atoms with Crippen molar-refractivity contribution in [2.45, 2.75) is 31.7 Å². The minimum atomic E-state index is -4.54. The zero-order valence-electron chi connectivity index (χ0n) is 14.7. The molecule has 0 bridgehead atoms. The van der Waals surface area contributed by atoms with Gasteiger partial charge in [0.15, 0.2) is 5.12 Å². The zero-order chi connectivity index (χ0) is 21.1. The van der Waals surface area contributed by atoms with Crippen molar-refractivity contribution in [3.63, 3.8) is 0 Å². The molecule has 0 saturated heterocycles. The molecule has 0 atom stereocenters. The fourth-order valence-electron chi connectivity index (χ4n) is 2.29. The summed E-state index contributed by atoms with van der Waals surface area (Å²) in [7, 11) is 0. The predicted molar refractivity (Wildman–Crippen MR) is 101 cm³/mol. The second kappa shape index (κ2) is 8.83. The van der Waals surface area contributed by atoms with Gasteiger partial charge in [-0.3, -0.25) is 14.9 Å². The summed E-state index contributed by atoms with van der Waals surface area (Å²) >= 11 is 6.91. The number of carbonyl (C=O) groups is 1. The molecule has 0 spiro atoms. The number of nitro benzene ring substituents is 1. The molecule has 0 fully saturated rings. The number of hydrogen-bond acceptors (Lipinski definition) is 5. The minimum Gasteiger partial charge on any atom is -0.456 e. The highest BCUT2D eigenvalue weighted by atomic mass is 35.5. The van der Waals surface area contributed by atoms with Crippen LogP contribution in [0.15, 0.2) is 36.4 Å². The second-order valence-electron chi connectivity index (χ2n) is 6.01. The Balaban J connectivity index is 2.30. The predicted octanol–water partition coefficient (Wildman–Crippen LogP) is 6.27. The molecule has 150 valence electrons. The molecule has 2 aromatic carbocycles. The molecule has 28 heavy (non-hydrogen) atoms. The normalized spacial score (nSPS) is 11.5. The van der Waals surface area contributed by atoms with Crippen LogP contribution in [-0.4, -0.2) is 15.3 Å². The van der Waals surface area contributed by atoms with E-state index in [1.807, 2.05) is 13.8 Å². The van der Waals surface area contributed by atoms with Gasteiger partial charge in [-0.05, 0) is 30.3 Å². The molecule has 5 nitrogen and oxygen atoms in total. The molecule has 0 aliphatic rings. The third-order valence-corrected chi connectivity index (χ3v) is 4.61. The average Bonchev–Trinajstić information content (AvgIpc) is 2.54. The summed E-state index contributed by atoms with van der Waals surface area (Å²) < 4.78 is 43.6. The van der Waals surface area contributed by atoms with Crippen LogP contribution in [0, 0.1) is 10.1 Å². The van der Waals surface area contributed by atoms with Gasteiger partial charge in [-0.2, -0.15) is 13.2 Å². The molecule has 0 radical (unpaired) electrons. The molecule has 0 saturated carbocycles. The Morgan fingerprint density at radius 1 is 1.25 bits per heavy atom. The van der Waals surface area contributed by atoms with E-state index < -0.39 is 16.7 Å². The van der Waals surface area contributed by atoms with E-state index in [-0.39, 0.29) is 44.6 Å². The molecule has 0 aliphatic carbocycles. The highest BCUT2D eigenvalue weighted by Crippen LogP contribution is 2.37. The number of rotatable bonds is 6. The van der Waals surface area contributed by atoms with Crippen LogP contribution < -0.4 is 4.74 Å². The number of hydrogen-bond donors (Lipinski definition) is 0. The van der Waals surface area contributed by atoms with E-state index in [2.05, 4.69) is 0 Å². The third kappa shape index (κ3) is 5.87. The lowest BCUT2D eigenvalue weighted by Gasteiger charge is -2.12. The van der Waals surface area contributed by atoms with E-state index in [0.717, 1.165) is 30.0 Å². The van der Waals surface area contributed by atoms with E-state index >= 15 is 0 Å². The van der Waals surface area contributed by atoms with Crippen molar-refractivity contribution >= 4 is 34.2 Å². The van der Waals surface area contributed by atoms with Crippen LogP contribution in [0.2, 0.25) is 5.02 Å². The van der Waals surface area contributed by atoms with Gasteiger partial charge < -0.3 is 4.74 Å². The maximum Gasteiger partial charge on any atom is 0.416 e. The topological polar surface area (TPSA) is 69.4 Å². The smallest absolute Gasteiger partial charge is 0.416 e. The van der Waals surface area contributed by atoms with Crippen molar-refractivity contribution in [3.05, 3.63) is 62.7 Å². The summed E-state index contributed by atoms with van der Waals surface area (Å²) in [6, 6.07) is 6.38. The summed E-state index contributed by atoms with van der Waals surface area (Å²) in [5.74, 6) is 0.0713. The second-order valence-corrected chi connectivity index (χ2v) is 8.05. The lowest BCUT2D eigenvalue weighted by atomic mass is 10.1. The lowest BCUT2D eigenvalue weighted by Crippen LogP contribution is -2.05. The minimum absolute atomic E-state index is 0.0249. The number of halogens is 4. The molecular weight excluding hydrogens is 419 g/mol. The number of ether oxygens (including phenoxy) is 1. The summed E-state index contributed by atoms with van der Waals surface area (Å²) in [5.41, 5.74) is -1.03. The van der Waals surface area contributed by atoms with Crippen molar-refractivity contribution in [2.24, 2.45) is 0 Å². The zero-order valence-corrected chi connectivity index (χ0v) is 16.3. The van der Waals surface area contributed by atoms with Gasteiger partial charge in [-0.1, -0.05) is 37.2 Å². The fourth-order valence-corrected chi connectivity index (χ4v) is 3.28. The Bertz CT molecular complexity index is 903. The maximum atomic E-state index is 12.7. The Kier molecular flexibility index (Phi) is 6.95. The molecule has 2 rings (SSSR count). The van der Waals surface area contributed by atoms with Crippen LogP contribution in [-0.2, 0) is 17.4 Å². The summed E-state index contributed by atoms with van der Waals surface area (Å²) in [4.78, 5) is 22.6. The quantitative estimate of drug-likeness (QED) is 0.396. The lowest BCUT2D eigenvalue weighted by molar-refractivity contribution is -0.385. The molecule has 10 heteroatoms. The number of nitrogens with zero attached hydrogens (tertiary/aromatic N) is 1. The number of nitro groups is 1. The molecular formula is C18H15ClF3NO4S. The number of alkyl halides is 3. The largest absolute Gasteiger partial charge is 0.456 e. The monoisotopic (exact) mass is 433 g/mol. The standard InChI is InChI=1S/C18H15ClF3NO4S/c1-10(2)28-17(24)8-11-7-13(4-5-15(11)23(25)26)27-16-6-3-12(9-14(16)19)18(20,21)22/h3-7,9-10H,8H2,1-2H3. The number of carbonyl (C=O) groups excluding carboxylic acids is 1. The Morgan fingerprint density at radius 3 is 2.46 bits per heavy atom. The average molecular weight is 434 g/mol. The van der Waals surface area contributed by atoms with Gasteiger partial charge in [-0.25, -0.2) is 0 Å². The molecule has 0 amide bonds. The van der Waals surface area contributed by atoms with Crippen LogP contribution in [0.25, 0.3) is 0 Å². The van der Waals surface area contributed by atoms with E-state index in [1.54, 1.807) is 0 Å². The molecule has 0 unspecified atom stereocenters. The Morgan fingerprint density at radius 2 is 1.93 bits per heavy atom. The van der Waals surface area contributed by atoms with Crippen LogP contribution in [0.1, 0.15) is 25.0 Å². The molecule has 2 aromatic rings. The van der Waals surface area contributed by atoms with Crippen LogP contribution in [0.3, 0.4) is 0 Å². The van der Waals surface area contributed by atoms with Gasteiger partial charge in [0, 0.05) is 23.3 Å². The molecule has 0 N–H and O–H groups in total. The molecule has 0 aromatic heterocycles. The van der Waals surface area contributed by atoms with E-state index in [0.29, 0.717) is 0 Å². The first kappa shape index (κ1) is 22.0. The maximum absolute atomic E-state index is 12.7. The Hall–Kier alpha value is -2.26. The van der Waals surface area contributed by atoms with Gasteiger partial charge in [0.05, 0.1) is 15.5 Å². The highest BCUT2D eigenvalue weighted by molar-refractivity contribution is 8.14. The first-order chi connectivity index (χ1) is 13.0. The van der Waals surface area contributed by atoms with Crippen molar-refractivity contribution in [2.75, 3.05) is 0 Å². The van der Waals surface area contributed by atoms with Crippen LogP contribution in [0.5, 0.6) is 11.5 Å². The summed E-state index contributed by atoms with van der Waals surface area (Å²) in [6.45, 7) is 3.65. The van der Waals surface area contributed by atoms with Crippen molar-refractivity contribution in [3.8, 4) is 11.5 Å². The van der Waals surface area contributed by atoms with Gasteiger partial charge in [0.25, 0.3) is 5.69 Å². The van der Waals surface area contributed by atoms with Gasteiger partial charge >= 0.3 is 6.18 Å². The van der Waals surface area contributed by atoms with Crippen molar-refractivity contribution in [1.82, 2.24) is 0 Å². The first-order valence-electron chi connectivity index (χ1n) is 7.98. The summed E-state index contributed by atoms with van der Waals surface area (Å²) in [5, 5.41) is 10.7. The van der Waals surface area contributed by atoms with E-state index in [4.69, 9.17) is 16.3 Å². The van der Waals surface area contributed by atoms with Gasteiger partial charge in [0.1, 0.15) is 11.5 Å². The van der Waals surface area contributed by atoms with Crippen LogP contribution in [0.4, 0.5) is 18.9 Å². The van der Waals surface area contributed by atoms with Crippen molar-refractivity contribution in [1.29, 1.82) is 0 Å². The molecule has 0 aliphatic heterocycles. The SMILES string of the molecule is CC(C)SC(=O)Cc1cc(Oc2ccc(C(F)(F)F)cc2Cl)ccc1[N+](=O)[O-]. The van der Waals surface area contributed by atoms with E-state index in [1.165, 1.54) is 18.2 Å². The highest BCUT2D eigenvalue weighted by Gasteiger charge is 2.31. The number of benzene rings is 2. The number of thioether (sulfide) groups is 1. The van der Waals surface area contributed by atoms with Gasteiger partial charge in [0.2, 0.25) is 0 Å². The van der Waals surface area contributed by atoms with E-state index in [9.17, 15) is 28.1 Å². The fraction of sp³-hybridized carbons (Fsp3) is 0.278. The first-order valence-corrected chi connectivity index (χ1v) is 9.24. The third-order valence-electron chi connectivity index (χ3n) is 3.44.